The summed E-state index contributed by atoms with van der Waals surface area (Å²) in [5, 5.41) is 13.9. The van der Waals surface area contributed by atoms with Crippen molar-refractivity contribution in [1.29, 1.82) is 5.26 Å². The molecule has 1 saturated heterocycles. The Morgan fingerprint density at radius 1 is 1.50 bits per heavy atom. The van der Waals surface area contributed by atoms with Crippen molar-refractivity contribution in [1.82, 2.24) is 9.78 Å². The highest BCUT2D eigenvalue weighted by Crippen LogP contribution is 2.35. The van der Waals surface area contributed by atoms with Gasteiger partial charge in [0.1, 0.15) is 0 Å². The van der Waals surface area contributed by atoms with E-state index >= 15 is 0 Å². The van der Waals surface area contributed by atoms with Gasteiger partial charge in [-0.15, -0.1) is 0 Å². The van der Waals surface area contributed by atoms with Gasteiger partial charge in [0.25, 0.3) is 0 Å². The Bertz CT molecular complexity index is 611. The molecule has 0 radical (unpaired) electrons. The van der Waals surface area contributed by atoms with Crippen LogP contribution in [0.2, 0.25) is 0 Å². The first-order valence-corrected chi connectivity index (χ1v) is 8.91. The normalized spacial score (nSPS) is 24.9. The summed E-state index contributed by atoms with van der Waals surface area (Å²) >= 11 is 0. The van der Waals surface area contributed by atoms with Crippen LogP contribution < -0.4 is 0 Å². The molecule has 20 heavy (non-hydrogen) atoms. The molecule has 2 heterocycles. The van der Waals surface area contributed by atoms with E-state index in [9.17, 15) is 13.7 Å². The largest absolute Gasteiger partial charge is 0.269 e. The molecule has 0 spiro atoms. The molecule has 1 unspecified atom stereocenters. The van der Waals surface area contributed by atoms with E-state index in [-0.39, 0.29) is 11.5 Å². The van der Waals surface area contributed by atoms with Crippen molar-refractivity contribution in [3.05, 3.63) is 18.0 Å². The molecule has 1 aromatic rings. The number of sulfone groups is 1. The zero-order valence-corrected chi connectivity index (χ0v) is 12.9. The molecule has 1 aliphatic heterocycles. The Balaban J connectivity index is 2.16. The van der Waals surface area contributed by atoms with E-state index in [0.29, 0.717) is 18.9 Å². The zero-order valence-electron chi connectivity index (χ0n) is 12.0. The SMILES string of the molecule is CCC(CC)n1ccc(CC2(C#N)CCS(=O)(=O)C2)n1. The van der Waals surface area contributed by atoms with E-state index in [1.807, 2.05) is 16.9 Å². The first-order chi connectivity index (χ1) is 9.43. The molecule has 1 atom stereocenters. The van der Waals surface area contributed by atoms with Crippen LogP contribution in [-0.2, 0) is 16.3 Å². The third kappa shape index (κ3) is 3.04. The molecule has 0 aromatic carbocycles. The Labute approximate surface area is 120 Å². The third-order valence-electron chi connectivity index (χ3n) is 4.12. The Kier molecular flexibility index (Phi) is 4.19. The molecule has 6 heteroatoms. The minimum atomic E-state index is -3.06. The third-order valence-corrected chi connectivity index (χ3v) is 5.94. The fraction of sp³-hybridized carbons (Fsp3) is 0.714. The topological polar surface area (TPSA) is 75.8 Å². The molecule has 110 valence electrons. The number of hydrogen-bond acceptors (Lipinski definition) is 4. The molecule has 0 saturated carbocycles. The van der Waals surface area contributed by atoms with E-state index < -0.39 is 15.3 Å². The second-order valence-electron chi connectivity index (χ2n) is 5.67. The lowest BCUT2D eigenvalue weighted by atomic mass is 9.84. The van der Waals surface area contributed by atoms with Gasteiger partial charge in [0.05, 0.1) is 34.7 Å². The predicted octanol–water partition coefficient (Wildman–Crippen LogP) is 2.12. The summed E-state index contributed by atoms with van der Waals surface area (Å²) in [6.45, 7) is 4.24. The van der Waals surface area contributed by atoms with Crippen LogP contribution in [0.5, 0.6) is 0 Å². The van der Waals surface area contributed by atoms with Crippen LogP contribution in [-0.4, -0.2) is 29.7 Å². The van der Waals surface area contributed by atoms with E-state index in [2.05, 4.69) is 25.0 Å². The van der Waals surface area contributed by atoms with Crippen LogP contribution >= 0.6 is 0 Å². The first-order valence-electron chi connectivity index (χ1n) is 7.09. The molecule has 1 aromatic heterocycles. The van der Waals surface area contributed by atoms with Crippen molar-refractivity contribution in [3.63, 3.8) is 0 Å². The first kappa shape index (κ1) is 15.0. The van der Waals surface area contributed by atoms with Crippen LogP contribution in [0, 0.1) is 16.7 Å². The number of nitrogens with zero attached hydrogens (tertiary/aromatic N) is 3. The molecule has 0 bridgehead atoms. The summed E-state index contributed by atoms with van der Waals surface area (Å²) in [6.07, 6.45) is 4.80. The second-order valence-corrected chi connectivity index (χ2v) is 7.85. The van der Waals surface area contributed by atoms with Crippen molar-refractivity contribution < 1.29 is 8.42 Å². The van der Waals surface area contributed by atoms with Gasteiger partial charge in [-0.05, 0) is 25.3 Å². The minimum absolute atomic E-state index is 0.0334. The Hall–Kier alpha value is -1.35. The number of rotatable bonds is 5. The van der Waals surface area contributed by atoms with Gasteiger partial charge in [0.2, 0.25) is 0 Å². The molecular weight excluding hydrogens is 274 g/mol. The van der Waals surface area contributed by atoms with E-state index in [1.54, 1.807) is 0 Å². The van der Waals surface area contributed by atoms with Crippen LogP contribution in [0.4, 0.5) is 0 Å². The van der Waals surface area contributed by atoms with Gasteiger partial charge in [0.15, 0.2) is 9.84 Å². The predicted molar refractivity (Wildman–Crippen MR) is 76.9 cm³/mol. The number of nitriles is 1. The Morgan fingerprint density at radius 2 is 2.20 bits per heavy atom. The number of aromatic nitrogens is 2. The second kappa shape index (κ2) is 5.57. The van der Waals surface area contributed by atoms with Gasteiger partial charge in [-0.3, -0.25) is 4.68 Å². The molecule has 5 nitrogen and oxygen atoms in total. The zero-order chi connectivity index (χ0) is 14.8. The lowest BCUT2D eigenvalue weighted by Crippen LogP contribution is -2.23. The maximum Gasteiger partial charge on any atom is 0.151 e. The molecule has 0 amide bonds. The average molecular weight is 295 g/mol. The van der Waals surface area contributed by atoms with Crippen molar-refractivity contribution in [2.75, 3.05) is 11.5 Å². The molecule has 1 aliphatic rings. The van der Waals surface area contributed by atoms with Crippen LogP contribution in [0.25, 0.3) is 0 Å². The van der Waals surface area contributed by atoms with E-state index in [4.69, 9.17) is 0 Å². The van der Waals surface area contributed by atoms with E-state index in [1.165, 1.54) is 0 Å². The van der Waals surface area contributed by atoms with Gasteiger partial charge < -0.3 is 0 Å². The number of hydrogen-bond donors (Lipinski definition) is 0. The molecule has 2 rings (SSSR count). The molecule has 1 fully saturated rings. The van der Waals surface area contributed by atoms with Gasteiger partial charge >= 0.3 is 0 Å². The van der Waals surface area contributed by atoms with Crippen molar-refractivity contribution in [2.45, 2.75) is 45.6 Å². The maximum absolute atomic E-state index is 11.6. The monoisotopic (exact) mass is 295 g/mol. The van der Waals surface area contributed by atoms with Crippen molar-refractivity contribution in [3.8, 4) is 6.07 Å². The fourth-order valence-corrected chi connectivity index (χ4v) is 4.87. The van der Waals surface area contributed by atoms with Gasteiger partial charge in [0, 0.05) is 12.6 Å². The lowest BCUT2D eigenvalue weighted by molar-refractivity contribution is 0.410. The van der Waals surface area contributed by atoms with Crippen molar-refractivity contribution >= 4 is 9.84 Å². The van der Waals surface area contributed by atoms with Crippen LogP contribution in [0.3, 0.4) is 0 Å². The highest BCUT2D eigenvalue weighted by Gasteiger charge is 2.43. The highest BCUT2D eigenvalue weighted by molar-refractivity contribution is 7.91. The minimum Gasteiger partial charge on any atom is -0.269 e. The molecular formula is C14H21N3O2S. The fourth-order valence-electron chi connectivity index (χ4n) is 2.87. The van der Waals surface area contributed by atoms with Crippen LogP contribution in [0.15, 0.2) is 12.3 Å². The summed E-state index contributed by atoms with van der Waals surface area (Å²) in [4.78, 5) is 0. The lowest BCUT2D eigenvalue weighted by Gasteiger charge is -2.17. The van der Waals surface area contributed by atoms with Gasteiger partial charge in [-0.25, -0.2) is 8.42 Å². The summed E-state index contributed by atoms with van der Waals surface area (Å²) in [5.41, 5.74) is 0.0296. The molecule has 0 aliphatic carbocycles. The van der Waals surface area contributed by atoms with Crippen molar-refractivity contribution in [2.24, 2.45) is 5.41 Å². The van der Waals surface area contributed by atoms with Gasteiger partial charge in [-0.1, -0.05) is 13.8 Å². The summed E-state index contributed by atoms with van der Waals surface area (Å²) in [7, 11) is -3.06. The quantitative estimate of drug-likeness (QED) is 0.833. The van der Waals surface area contributed by atoms with Crippen LogP contribution in [0.1, 0.15) is 44.8 Å². The van der Waals surface area contributed by atoms with E-state index in [0.717, 1.165) is 18.5 Å². The maximum atomic E-state index is 11.6. The molecule has 0 N–H and O–H groups in total. The summed E-state index contributed by atoms with van der Waals surface area (Å²) < 4.78 is 25.2. The highest BCUT2D eigenvalue weighted by atomic mass is 32.2. The smallest absolute Gasteiger partial charge is 0.151 e. The summed E-state index contributed by atoms with van der Waals surface area (Å²) in [6, 6.07) is 4.49. The Morgan fingerprint density at radius 3 is 2.70 bits per heavy atom. The average Bonchev–Trinajstić information content (AvgIpc) is 2.97. The standard InChI is InChI=1S/C14H21N3O2S/c1-3-13(4-2)17-7-5-12(16-17)9-14(10-15)6-8-20(18,19)11-14/h5,7,13H,3-4,6,8-9,11H2,1-2H3. The van der Waals surface area contributed by atoms with Gasteiger partial charge in [-0.2, -0.15) is 10.4 Å². The summed E-state index contributed by atoms with van der Waals surface area (Å²) in [5.74, 6) is 0.0855.